The Morgan fingerprint density at radius 3 is 2.83 bits per heavy atom. The summed E-state index contributed by atoms with van der Waals surface area (Å²) in [5.74, 6) is -0.326. The van der Waals surface area contributed by atoms with Gasteiger partial charge in [0.1, 0.15) is 0 Å². The van der Waals surface area contributed by atoms with Crippen LogP contribution in [0.3, 0.4) is 0 Å². The molecule has 0 spiro atoms. The molecule has 23 heavy (non-hydrogen) atoms. The average molecular weight is 338 g/mol. The SMILES string of the molecule is CCCN(C(=O)C1CC(=O)Nc2ccccc21)C1CCNC1.Cl. The van der Waals surface area contributed by atoms with Crippen molar-refractivity contribution in [1.82, 2.24) is 10.2 Å². The number of benzene rings is 1. The van der Waals surface area contributed by atoms with Gasteiger partial charge in [0.05, 0.1) is 5.92 Å². The van der Waals surface area contributed by atoms with Crippen molar-refractivity contribution in [3.63, 3.8) is 0 Å². The zero-order chi connectivity index (χ0) is 15.5. The van der Waals surface area contributed by atoms with Crippen LogP contribution in [-0.2, 0) is 9.59 Å². The van der Waals surface area contributed by atoms with Crippen LogP contribution in [0.5, 0.6) is 0 Å². The minimum atomic E-state index is -0.350. The number of amides is 2. The molecule has 0 radical (unpaired) electrons. The van der Waals surface area contributed by atoms with Crippen LogP contribution in [-0.4, -0.2) is 42.4 Å². The van der Waals surface area contributed by atoms with Crippen LogP contribution in [0.25, 0.3) is 0 Å². The van der Waals surface area contributed by atoms with Gasteiger partial charge < -0.3 is 15.5 Å². The Balaban J connectivity index is 0.00000192. The summed E-state index contributed by atoms with van der Waals surface area (Å²) in [6, 6.07) is 7.89. The Morgan fingerprint density at radius 1 is 1.35 bits per heavy atom. The molecule has 0 aliphatic carbocycles. The monoisotopic (exact) mass is 337 g/mol. The molecule has 1 fully saturated rings. The summed E-state index contributed by atoms with van der Waals surface area (Å²) in [6.07, 6.45) is 2.17. The predicted molar refractivity (Wildman–Crippen MR) is 93.0 cm³/mol. The van der Waals surface area contributed by atoms with Crippen LogP contribution in [0.1, 0.15) is 37.7 Å². The molecule has 2 unspecified atom stereocenters. The molecule has 6 heteroatoms. The maximum atomic E-state index is 13.1. The van der Waals surface area contributed by atoms with Gasteiger partial charge in [-0.05, 0) is 31.0 Å². The van der Waals surface area contributed by atoms with Crippen LogP contribution < -0.4 is 10.6 Å². The number of hydrogen-bond acceptors (Lipinski definition) is 3. The molecular formula is C17H24ClN3O2. The first kappa shape index (κ1) is 17.8. The molecule has 2 aliphatic heterocycles. The van der Waals surface area contributed by atoms with E-state index >= 15 is 0 Å². The molecule has 2 atom stereocenters. The quantitative estimate of drug-likeness (QED) is 0.884. The average Bonchev–Trinajstić information content (AvgIpc) is 3.05. The molecular weight excluding hydrogens is 314 g/mol. The highest BCUT2D eigenvalue weighted by atomic mass is 35.5. The summed E-state index contributed by atoms with van der Waals surface area (Å²) >= 11 is 0. The van der Waals surface area contributed by atoms with E-state index in [1.165, 1.54) is 0 Å². The molecule has 5 nitrogen and oxygen atoms in total. The smallest absolute Gasteiger partial charge is 0.231 e. The molecule has 1 aromatic carbocycles. The molecule has 2 aliphatic rings. The molecule has 2 heterocycles. The van der Waals surface area contributed by atoms with Crippen LogP contribution in [0, 0.1) is 0 Å². The summed E-state index contributed by atoms with van der Waals surface area (Å²) in [6.45, 7) is 4.65. The molecule has 1 saturated heterocycles. The third kappa shape index (κ3) is 3.67. The molecule has 2 N–H and O–H groups in total. The maximum absolute atomic E-state index is 13.1. The third-order valence-electron chi connectivity index (χ3n) is 4.52. The van der Waals surface area contributed by atoms with E-state index in [-0.39, 0.29) is 42.6 Å². The van der Waals surface area contributed by atoms with Gasteiger partial charge in [-0.3, -0.25) is 9.59 Å². The number of rotatable bonds is 4. The van der Waals surface area contributed by atoms with E-state index in [4.69, 9.17) is 0 Å². The molecule has 0 saturated carbocycles. The fraction of sp³-hybridized carbons (Fsp3) is 0.529. The van der Waals surface area contributed by atoms with Crippen molar-refractivity contribution in [3.05, 3.63) is 29.8 Å². The number of nitrogens with one attached hydrogen (secondary N) is 2. The van der Waals surface area contributed by atoms with Gasteiger partial charge in [0.25, 0.3) is 0 Å². The van der Waals surface area contributed by atoms with E-state index in [9.17, 15) is 9.59 Å². The maximum Gasteiger partial charge on any atom is 0.231 e. The largest absolute Gasteiger partial charge is 0.338 e. The van der Waals surface area contributed by atoms with Crippen molar-refractivity contribution in [2.75, 3.05) is 25.0 Å². The van der Waals surface area contributed by atoms with Crippen LogP contribution in [0.2, 0.25) is 0 Å². The van der Waals surface area contributed by atoms with E-state index in [1.807, 2.05) is 29.2 Å². The lowest BCUT2D eigenvalue weighted by Crippen LogP contribution is -2.45. The molecule has 0 aromatic heterocycles. The van der Waals surface area contributed by atoms with Crippen molar-refractivity contribution >= 4 is 29.9 Å². The number of para-hydroxylation sites is 1. The summed E-state index contributed by atoms with van der Waals surface area (Å²) in [5.41, 5.74) is 1.72. The van der Waals surface area contributed by atoms with Gasteiger partial charge in [-0.25, -0.2) is 0 Å². The molecule has 3 rings (SSSR count). The first-order valence-electron chi connectivity index (χ1n) is 8.10. The third-order valence-corrected chi connectivity index (χ3v) is 4.52. The van der Waals surface area contributed by atoms with Gasteiger partial charge in [-0.2, -0.15) is 0 Å². The van der Waals surface area contributed by atoms with Crippen LogP contribution in [0.4, 0.5) is 5.69 Å². The standard InChI is InChI=1S/C17H23N3O2.ClH/c1-2-9-20(12-7-8-18-11-12)17(22)14-10-16(21)19-15-6-4-3-5-13(14)15;/h3-6,12,14,18H,2,7-11H2,1H3,(H,19,21);1H. The van der Waals surface area contributed by atoms with Crippen molar-refractivity contribution < 1.29 is 9.59 Å². The number of anilines is 1. The fourth-order valence-electron chi connectivity index (χ4n) is 3.45. The number of carbonyl (C=O) groups excluding carboxylic acids is 2. The lowest BCUT2D eigenvalue weighted by atomic mass is 9.89. The summed E-state index contributed by atoms with van der Waals surface area (Å²) < 4.78 is 0. The van der Waals surface area contributed by atoms with E-state index < -0.39 is 0 Å². The second-order valence-corrected chi connectivity index (χ2v) is 6.07. The first-order valence-corrected chi connectivity index (χ1v) is 8.10. The second kappa shape index (κ2) is 7.79. The van der Waals surface area contributed by atoms with Crippen LogP contribution >= 0.6 is 12.4 Å². The summed E-state index contributed by atoms with van der Waals surface area (Å²) in [4.78, 5) is 27.0. The Morgan fingerprint density at radius 2 is 2.13 bits per heavy atom. The topological polar surface area (TPSA) is 61.4 Å². The summed E-state index contributed by atoms with van der Waals surface area (Å²) in [7, 11) is 0. The van der Waals surface area contributed by atoms with Gasteiger partial charge in [0, 0.05) is 31.2 Å². The molecule has 1 aromatic rings. The van der Waals surface area contributed by atoms with Crippen molar-refractivity contribution in [2.45, 2.75) is 38.1 Å². The van der Waals surface area contributed by atoms with Gasteiger partial charge in [0.15, 0.2) is 0 Å². The fourth-order valence-corrected chi connectivity index (χ4v) is 3.45. The first-order chi connectivity index (χ1) is 10.7. The Kier molecular flexibility index (Phi) is 6.02. The number of halogens is 1. The second-order valence-electron chi connectivity index (χ2n) is 6.07. The Hall–Kier alpha value is -1.59. The highest BCUT2D eigenvalue weighted by Gasteiger charge is 2.36. The zero-order valence-corrected chi connectivity index (χ0v) is 14.2. The molecule has 2 amide bonds. The van der Waals surface area contributed by atoms with Gasteiger partial charge in [-0.1, -0.05) is 25.1 Å². The number of carbonyl (C=O) groups is 2. The molecule has 0 bridgehead atoms. The Labute approximate surface area is 143 Å². The highest BCUT2D eigenvalue weighted by Crippen LogP contribution is 2.34. The minimum absolute atomic E-state index is 0. The molecule has 126 valence electrons. The zero-order valence-electron chi connectivity index (χ0n) is 13.4. The van der Waals surface area contributed by atoms with E-state index in [0.717, 1.165) is 43.7 Å². The number of fused-ring (bicyclic) bond motifs is 1. The highest BCUT2D eigenvalue weighted by molar-refractivity contribution is 6.01. The van der Waals surface area contributed by atoms with Crippen molar-refractivity contribution in [1.29, 1.82) is 0 Å². The van der Waals surface area contributed by atoms with Gasteiger partial charge in [0.2, 0.25) is 11.8 Å². The Bertz CT molecular complexity index is 573. The summed E-state index contributed by atoms with van der Waals surface area (Å²) in [5, 5.41) is 6.19. The van der Waals surface area contributed by atoms with E-state index in [1.54, 1.807) is 0 Å². The van der Waals surface area contributed by atoms with Crippen molar-refractivity contribution in [3.8, 4) is 0 Å². The lowest BCUT2D eigenvalue weighted by Gasteiger charge is -2.34. The number of nitrogens with zero attached hydrogens (tertiary/aromatic N) is 1. The minimum Gasteiger partial charge on any atom is -0.338 e. The number of hydrogen-bond donors (Lipinski definition) is 2. The van der Waals surface area contributed by atoms with Crippen molar-refractivity contribution in [2.24, 2.45) is 0 Å². The van der Waals surface area contributed by atoms with Crippen LogP contribution in [0.15, 0.2) is 24.3 Å². The predicted octanol–water partition coefficient (Wildman–Crippen LogP) is 2.13. The van der Waals surface area contributed by atoms with Gasteiger partial charge in [-0.15, -0.1) is 12.4 Å². The normalized spacial score (nSPS) is 22.7. The van der Waals surface area contributed by atoms with E-state index in [0.29, 0.717) is 0 Å². The lowest BCUT2D eigenvalue weighted by molar-refractivity contribution is -0.136. The van der Waals surface area contributed by atoms with E-state index in [2.05, 4.69) is 17.6 Å². The van der Waals surface area contributed by atoms with Gasteiger partial charge >= 0.3 is 0 Å².